The molecule has 0 heterocycles. The second kappa shape index (κ2) is 4.09. The second-order valence-electron chi connectivity index (χ2n) is 3.28. The number of hydrogen-bond donors (Lipinski definition) is 2. The molecule has 2 unspecified atom stereocenters. The Hall–Kier alpha value is -0.570. The molecule has 1 aromatic rings. The van der Waals surface area contributed by atoms with Crippen molar-refractivity contribution in [2.24, 2.45) is 5.73 Å². The Morgan fingerprint density at radius 3 is 2.54 bits per heavy atom. The van der Waals surface area contributed by atoms with Crippen LogP contribution in [0.15, 0.2) is 18.2 Å². The van der Waals surface area contributed by atoms with E-state index in [9.17, 15) is 5.11 Å². The summed E-state index contributed by atoms with van der Waals surface area (Å²) in [4.78, 5) is 0. The van der Waals surface area contributed by atoms with Gasteiger partial charge in [-0.2, -0.15) is 0 Å². The van der Waals surface area contributed by atoms with Crippen LogP contribution in [0, 0.1) is 6.92 Å². The van der Waals surface area contributed by atoms with Gasteiger partial charge in [0.2, 0.25) is 0 Å². The van der Waals surface area contributed by atoms with Crippen LogP contribution < -0.4 is 5.73 Å². The SMILES string of the molecule is Cc1cc(C(N)C(C)O)ccc1Cl. The van der Waals surface area contributed by atoms with Crippen molar-refractivity contribution in [1.82, 2.24) is 0 Å². The third-order valence-corrected chi connectivity index (χ3v) is 2.51. The molecule has 13 heavy (non-hydrogen) atoms. The van der Waals surface area contributed by atoms with Gasteiger partial charge in [0.15, 0.2) is 0 Å². The van der Waals surface area contributed by atoms with E-state index in [0.29, 0.717) is 0 Å². The van der Waals surface area contributed by atoms with Gasteiger partial charge in [-0.25, -0.2) is 0 Å². The number of benzene rings is 1. The van der Waals surface area contributed by atoms with E-state index in [0.717, 1.165) is 16.1 Å². The molecule has 0 aliphatic rings. The van der Waals surface area contributed by atoms with Crippen LogP contribution in [0.25, 0.3) is 0 Å². The van der Waals surface area contributed by atoms with E-state index < -0.39 is 6.10 Å². The van der Waals surface area contributed by atoms with Gasteiger partial charge in [-0.1, -0.05) is 23.7 Å². The fourth-order valence-corrected chi connectivity index (χ4v) is 1.27. The van der Waals surface area contributed by atoms with Gasteiger partial charge in [0.25, 0.3) is 0 Å². The Morgan fingerprint density at radius 1 is 1.46 bits per heavy atom. The minimum Gasteiger partial charge on any atom is -0.391 e. The number of aliphatic hydroxyl groups is 1. The lowest BCUT2D eigenvalue weighted by Gasteiger charge is -2.15. The van der Waals surface area contributed by atoms with Crippen LogP contribution in [-0.2, 0) is 0 Å². The highest BCUT2D eigenvalue weighted by Crippen LogP contribution is 2.21. The Labute approximate surface area is 83.3 Å². The minimum atomic E-state index is -0.541. The highest BCUT2D eigenvalue weighted by molar-refractivity contribution is 6.31. The summed E-state index contributed by atoms with van der Waals surface area (Å²) in [5, 5.41) is 10.0. The zero-order valence-corrected chi connectivity index (χ0v) is 8.55. The molecule has 72 valence electrons. The zero-order chi connectivity index (χ0) is 10.0. The minimum absolute atomic E-state index is 0.337. The van der Waals surface area contributed by atoms with E-state index in [-0.39, 0.29) is 6.04 Å². The quantitative estimate of drug-likeness (QED) is 0.766. The normalized spacial score (nSPS) is 15.5. The van der Waals surface area contributed by atoms with E-state index >= 15 is 0 Å². The second-order valence-corrected chi connectivity index (χ2v) is 3.68. The van der Waals surface area contributed by atoms with Gasteiger partial charge in [-0.3, -0.25) is 0 Å². The van der Waals surface area contributed by atoms with Crippen LogP contribution in [0.4, 0.5) is 0 Å². The number of aliphatic hydroxyl groups excluding tert-OH is 1. The molecule has 0 radical (unpaired) electrons. The number of hydrogen-bond acceptors (Lipinski definition) is 2. The molecular weight excluding hydrogens is 186 g/mol. The molecule has 0 spiro atoms. The fourth-order valence-electron chi connectivity index (χ4n) is 1.15. The summed E-state index contributed by atoms with van der Waals surface area (Å²) in [5.74, 6) is 0. The van der Waals surface area contributed by atoms with Crippen LogP contribution in [0.5, 0.6) is 0 Å². The first-order valence-corrected chi connectivity index (χ1v) is 4.60. The summed E-state index contributed by atoms with van der Waals surface area (Å²) in [5.41, 5.74) is 7.66. The molecule has 2 atom stereocenters. The molecule has 0 aromatic heterocycles. The summed E-state index contributed by atoms with van der Waals surface area (Å²) in [7, 11) is 0. The lowest BCUT2D eigenvalue weighted by molar-refractivity contribution is 0.164. The van der Waals surface area contributed by atoms with Gasteiger partial charge < -0.3 is 10.8 Å². The molecule has 0 aliphatic carbocycles. The summed E-state index contributed by atoms with van der Waals surface area (Å²) in [6.07, 6.45) is -0.541. The van der Waals surface area contributed by atoms with Crippen molar-refractivity contribution in [2.45, 2.75) is 26.0 Å². The van der Waals surface area contributed by atoms with Gasteiger partial charge >= 0.3 is 0 Å². The summed E-state index contributed by atoms with van der Waals surface area (Å²) < 4.78 is 0. The fraction of sp³-hybridized carbons (Fsp3) is 0.400. The maximum absolute atomic E-state index is 9.28. The number of aryl methyl sites for hydroxylation is 1. The third kappa shape index (κ3) is 2.44. The van der Waals surface area contributed by atoms with Gasteiger partial charge in [0.1, 0.15) is 0 Å². The molecule has 3 heteroatoms. The highest BCUT2D eigenvalue weighted by atomic mass is 35.5. The number of halogens is 1. The maximum atomic E-state index is 9.28. The maximum Gasteiger partial charge on any atom is 0.0704 e. The zero-order valence-electron chi connectivity index (χ0n) is 7.79. The van der Waals surface area contributed by atoms with Crippen molar-refractivity contribution in [3.05, 3.63) is 34.3 Å². The van der Waals surface area contributed by atoms with Crippen molar-refractivity contribution >= 4 is 11.6 Å². The van der Waals surface area contributed by atoms with Crippen LogP contribution >= 0.6 is 11.6 Å². The van der Waals surface area contributed by atoms with Crippen LogP contribution in [-0.4, -0.2) is 11.2 Å². The molecule has 0 saturated carbocycles. The van der Waals surface area contributed by atoms with Crippen LogP contribution in [0.1, 0.15) is 24.1 Å². The number of nitrogens with two attached hydrogens (primary N) is 1. The summed E-state index contributed by atoms with van der Waals surface area (Å²) >= 11 is 5.86. The van der Waals surface area contributed by atoms with Gasteiger partial charge in [-0.15, -0.1) is 0 Å². The molecule has 1 aromatic carbocycles. The standard InChI is InChI=1S/C10H14ClNO/c1-6-5-8(3-4-9(6)11)10(12)7(2)13/h3-5,7,10,13H,12H2,1-2H3. The summed E-state index contributed by atoms with van der Waals surface area (Å²) in [6.45, 7) is 3.59. The predicted octanol–water partition coefficient (Wildman–Crippen LogP) is 2.03. The van der Waals surface area contributed by atoms with E-state index in [2.05, 4.69) is 0 Å². The monoisotopic (exact) mass is 199 g/mol. The molecule has 0 amide bonds. The Bertz CT molecular complexity index is 299. The van der Waals surface area contributed by atoms with Crippen molar-refractivity contribution < 1.29 is 5.11 Å². The Balaban J connectivity index is 2.97. The van der Waals surface area contributed by atoms with E-state index in [1.807, 2.05) is 19.1 Å². The molecular formula is C10H14ClNO. The average molecular weight is 200 g/mol. The van der Waals surface area contributed by atoms with Crippen molar-refractivity contribution in [3.63, 3.8) is 0 Å². The molecule has 0 bridgehead atoms. The third-order valence-electron chi connectivity index (χ3n) is 2.09. The molecule has 0 saturated heterocycles. The van der Waals surface area contributed by atoms with Gasteiger partial charge in [-0.05, 0) is 31.0 Å². The molecule has 3 N–H and O–H groups in total. The molecule has 0 fully saturated rings. The van der Waals surface area contributed by atoms with E-state index in [1.165, 1.54) is 0 Å². The number of rotatable bonds is 2. The molecule has 0 aliphatic heterocycles. The Morgan fingerprint density at radius 2 is 2.08 bits per heavy atom. The predicted molar refractivity (Wildman–Crippen MR) is 54.8 cm³/mol. The Kier molecular flexibility index (Phi) is 3.31. The van der Waals surface area contributed by atoms with Crippen molar-refractivity contribution in [3.8, 4) is 0 Å². The van der Waals surface area contributed by atoms with Crippen molar-refractivity contribution in [1.29, 1.82) is 0 Å². The first-order chi connectivity index (χ1) is 6.02. The van der Waals surface area contributed by atoms with Crippen LogP contribution in [0.2, 0.25) is 5.02 Å². The lowest BCUT2D eigenvalue weighted by Crippen LogP contribution is -2.23. The largest absolute Gasteiger partial charge is 0.391 e. The van der Waals surface area contributed by atoms with Gasteiger partial charge in [0, 0.05) is 5.02 Å². The van der Waals surface area contributed by atoms with Gasteiger partial charge in [0.05, 0.1) is 12.1 Å². The van der Waals surface area contributed by atoms with E-state index in [4.69, 9.17) is 17.3 Å². The molecule has 2 nitrogen and oxygen atoms in total. The summed E-state index contributed by atoms with van der Waals surface area (Å²) in [6, 6.07) is 5.21. The first kappa shape index (κ1) is 10.5. The topological polar surface area (TPSA) is 46.2 Å². The van der Waals surface area contributed by atoms with Crippen LogP contribution in [0.3, 0.4) is 0 Å². The smallest absolute Gasteiger partial charge is 0.0704 e. The lowest BCUT2D eigenvalue weighted by atomic mass is 10.0. The molecule has 1 rings (SSSR count). The highest BCUT2D eigenvalue weighted by Gasteiger charge is 2.12. The first-order valence-electron chi connectivity index (χ1n) is 4.22. The average Bonchev–Trinajstić information content (AvgIpc) is 2.08. The van der Waals surface area contributed by atoms with Crippen molar-refractivity contribution in [2.75, 3.05) is 0 Å². The van der Waals surface area contributed by atoms with E-state index in [1.54, 1.807) is 13.0 Å².